The van der Waals surface area contributed by atoms with Gasteiger partial charge in [-0.15, -0.1) is 0 Å². The normalized spacial score (nSPS) is 23.8. The molecule has 2 unspecified atom stereocenters. The third kappa shape index (κ3) is 3.67. The number of nitrogens with zero attached hydrogens (tertiary/aromatic N) is 2. The van der Waals surface area contributed by atoms with E-state index in [0.29, 0.717) is 25.0 Å². The Morgan fingerprint density at radius 2 is 2.00 bits per heavy atom. The van der Waals surface area contributed by atoms with Gasteiger partial charge < -0.3 is 10.4 Å². The van der Waals surface area contributed by atoms with Crippen molar-refractivity contribution in [3.8, 4) is 0 Å². The Kier molecular flexibility index (Phi) is 5.27. The lowest BCUT2D eigenvalue weighted by Crippen LogP contribution is -2.40. The molecule has 1 aliphatic carbocycles. The van der Waals surface area contributed by atoms with E-state index in [4.69, 9.17) is 0 Å². The van der Waals surface area contributed by atoms with Crippen LogP contribution in [0, 0.1) is 5.92 Å². The van der Waals surface area contributed by atoms with Crippen LogP contribution in [0.5, 0.6) is 0 Å². The highest BCUT2D eigenvalue weighted by Gasteiger charge is 2.45. The minimum absolute atomic E-state index is 0.0858. The van der Waals surface area contributed by atoms with Crippen LogP contribution in [0.2, 0.25) is 0 Å². The molecule has 0 aliphatic heterocycles. The average molecular weight is 416 g/mol. The van der Waals surface area contributed by atoms with Gasteiger partial charge in [0.1, 0.15) is 16.6 Å². The second-order valence-electron chi connectivity index (χ2n) is 7.81. The van der Waals surface area contributed by atoms with Crippen LogP contribution in [-0.2, 0) is 18.3 Å². The number of hydrogen-bond donors (Lipinski definition) is 3. The average Bonchev–Trinajstić information content (AvgIpc) is 3.19. The van der Waals surface area contributed by atoms with Crippen LogP contribution in [0.4, 0.5) is 13.2 Å². The first kappa shape index (κ1) is 20.4. The molecule has 1 heterocycles. The van der Waals surface area contributed by atoms with Gasteiger partial charge in [0.2, 0.25) is 0 Å². The van der Waals surface area contributed by atoms with E-state index in [-0.39, 0.29) is 22.5 Å². The van der Waals surface area contributed by atoms with Crippen molar-refractivity contribution in [3.63, 3.8) is 0 Å². The zero-order valence-electron chi connectivity index (χ0n) is 16.5. The summed E-state index contributed by atoms with van der Waals surface area (Å²) in [6.07, 6.45) is -0.677. The Bertz CT molecular complexity index is 1060. The summed E-state index contributed by atoms with van der Waals surface area (Å²) in [5.74, 6) is -0.278. The van der Waals surface area contributed by atoms with Gasteiger partial charge in [0.25, 0.3) is 0 Å². The Morgan fingerprint density at radius 1 is 1.23 bits per heavy atom. The number of rotatable bonds is 4. The predicted molar refractivity (Wildman–Crippen MR) is 107 cm³/mol. The number of aromatic amines is 1. The molecular formula is C22H23F3N4O. The summed E-state index contributed by atoms with van der Waals surface area (Å²) in [5, 5.41) is 25.3. The van der Waals surface area contributed by atoms with Gasteiger partial charge in [-0.25, -0.2) is 0 Å². The van der Waals surface area contributed by atoms with Crippen molar-refractivity contribution in [3.05, 3.63) is 70.9 Å². The van der Waals surface area contributed by atoms with Crippen molar-refractivity contribution in [1.82, 2.24) is 20.7 Å². The van der Waals surface area contributed by atoms with E-state index in [2.05, 4.69) is 20.7 Å². The van der Waals surface area contributed by atoms with Crippen LogP contribution in [0.3, 0.4) is 0 Å². The van der Waals surface area contributed by atoms with Crippen LogP contribution >= 0.6 is 0 Å². The summed E-state index contributed by atoms with van der Waals surface area (Å²) in [7, 11) is 0. The number of aromatic nitrogens is 3. The maximum Gasteiger partial charge on any atom is 0.416 e. The van der Waals surface area contributed by atoms with E-state index >= 15 is 0 Å². The summed E-state index contributed by atoms with van der Waals surface area (Å²) < 4.78 is 40.5. The second-order valence-corrected chi connectivity index (χ2v) is 7.81. The summed E-state index contributed by atoms with van der Waals surface area (Å²) in [5.41, 5.74) is -0.211. The quantitative estimate of drug-likeness (QED) is 0.579. The van der Waals surface area contributed by atoms with E-state index in [1.807, 2.05) is 37.3 Å². The number of H-pyrrole nitrogens is 1. The molecular weight excluding hydrogens is 393 g/mol. The molecule has 0 radical (unpaired) electrons. The van der Waals surface area contributed by atoms with Gasteiger partial charge in [-0.2, -0.15) is 28.6 Å². The summed E-state index contributed by atoms with van der Waals surface area (Å²) in [6, 6.07) is 11.7. The van der Waals surface area contributed by atoms with Gasteiger partial charge in [-0.3, -0.25) is 0 Å². The zero-order valence-corrected chi connectivity index (χ0v) is 16.5. The van der Waals surface area contributed by atoms with E-state index in [9.17, 15) is 18.3 Å². The Balaban J connectivity index is 1.77. The highest BCUT2D eigenvalue weighted by Crippen LogP contribution is 2.48. The molecule has 1 fully saturated rings. The van der Waals surface area contributed by atoms with Crippen molar-refractivity contribution in [2.75, 3.05) is 0 Å². The number of hydrogen-bond acceptors (Lipinski definition) is 4. The number of halogens is 3. The van der Waals surface area contributed by atoms with Gasteiger partial charge in [0, 0.05) is 12.1 Å². The molecule has 0 spiro atoms. The fourth-order valence-corrected chi connectivity index (χ4v) is 4.23. The van der Waals surface area contributed by atoms with Crippen LogP contribution in [0.1, 0.15) is 42.9 Å². The molecule has 158 valence electrons. The standard InChI is InChI=1S/C22H23F3N4O/c1-14-6-5-9-16(13-26-12-15-7-3-2-4-8-15)21(14,30)18-10-17(22(23,24)25)11-19-20(18)28-29-27-19/h2-4,7-8,10-11,13-14,26,30H,5-6,9,12H2,1H3,(H,27,28,29)/b16-13+. The van der Waals surface area contributed by atoms with Crippen LogP contribution in [0.25, 0.3) is 11.0 Å². The molecule has 0 saturated heterocycles. The minimum Gasteiger partial charge on any atom is -0.387 e. The highest BCUT2D eigenvalue weighted by molar-refractivity contribution is 5.80. The number of fused-ring (bicyclic) bond motifs is 1. The lowest BCUT2D eigenvalue weighted by Gasteiger charge is -2.41. The third-order valence-electron chi connectivity index (χ3n) is 5.87. The minimum atomic E-state index is -4.55. The van der Waals surface area contributed by atoms with Crippen molar-refractivity contribution in [2.45, 2.75) is 44.5 Å². The van der Waals surface area contributed by atoms with Crippen molar-refractivity contribution in [2.24, 2.45) is 5.92 Å². The molecule has 1 saturated carbocycles. The fraction of sp³-hybridized carbons (Fsp3) is 0.364. The summed E-state index contributed by atoms with van der Waals surface area (Å²) >= 11 is 0. The Hall–Kier alpha value is -2.87. The lowest BCUT2D eigenvalue weighted by molar-refractivity contribution is -0.137. The van der Waals surface area contributed by atoms with Gasteiger partial charge in [-0.05, 0) is 54.6 Å². The highest BCUT2D eigenvalue weighted by atomic mass is 19.4. The number of benzene rings is 2. The number of nitrogens with one attached hydrogen (secondary N) is 2. The van der Waals surface area contributed by atoms with Gasteiger partial charge in [0.15, 0.2) is 0 Å². The smallest absolute Gasteiger partial charge is 0.387 e. The van der Waals surface area contributed by atoms with Crippen molar-refractivity contribution < 1.29 is 18.3 Å². The molecule has 3 aromatic rings. The van der Waals surface area contributed by atoms with Crippen LogP contribution < -0.4 is 5.32 Å². The lowest BCUT2D eigenvalue weighted by atomic mass is 9.69. The SMILES string of the molecule is CC1CCC/C(=C\NCc2ccccc2)C1(O)c1cc(C(F)(F)F)cc2n[nH]nc12. The topological polar surface area (TPSA) is 73.8 Å². The summed E-state index contributed by atoms with van der Waals surface area (Å²) in [4.78, 5) is 0. The Morgan fingerprint density at radius 3 is 2.73 bits per heavy atom. The van der Waals surface area contributed by atoms with E-state index < -0.39 is 17.3 Å². The zero-order chi connectivity index (χ0) is 21.4. The molecule has 0 bridgehead atoms. The molecule has 2 aromatic carbocycles. The van der Waals surface area contributed by atoms with Gasteiger partial charge in [-0.1, -0.05) is 37.3 Å². The predicted octanol–water partition coefficient (Wildman–Crippen LogP) is 4.66. The van der Waals surface area contributed by atoms with Crippen molar-refractivity contribution in [1.29, 1.82) is 0 Å². The van der Waals surface area contributed by atoms with Crippen molar-refractivity contribution >= 4 is 11.0 Å². The largest absolute Gasteiger partial charge is 0.416 e. The first-order chi connectivity index (χ1) is 14.3. The van der Waals surface area contributed by atoms with E-state index in [1.165, 1.54) is 0 Å². The molecule has 1 aliphatic rings. The molecule has 1 aromatic heterocycles. The summed E-state index contributed by atoms with van der Waals surface area (Å²) in [6.45, 7) is 2.41. The fourth-order valence-electron chi connectivity index (χ4n) is 4.23. The second kappa shape index (κ2) is 7.75. The Labute approximate surface area is 172 Å². The van der Waals surface area contributed by atoms with Gasteiger partial charge in [0.05, 0.1) is 5.56 Å². The first-order valence-electron chi connectivity index (χ1n) is 9.91. The number of aliphatic hydroxyl groups is 1. The molecule has 2 atom stereocenters. The molecule has 30 heavy (non-hydrogen) atoms. The monoisotopic (exact) mass is 416 g/mol. The van der Waals surface area contributed by atoms with E-state index in [1.54, 1.807) is 6.20 Å². The maximum atomic E-state index is 13.5. The third-order valence-corrected chi connectivity index (χ3v) is 5.87. The number of alkyl halides is 3. The van der Waals surface area contributed by atoms with Crippen LogP contribution in [0.15, 0.2) is 54.2 Å². The molecule has 0 amide bonds. The first-order valence-corrected chi connectivity index (χ1v) is 9.91. The van der Waals surface area contributed by atoms with Crippen LogP contribution in [-0.4, -0.2) is 20.5 Å². The molecule has 5 nitrogen and oxygen atoms in total. The van der Waals surface area contributed by atoms with E-state index in [0.717, 1.165) is 24.1 Å². The van der Waals surface area contributed by atoms with Gasteiger partial charge >= 0.3 is 6.18 Å². The molecule has 4 rings (SSSR count). The molecule has 3 N–H and O–H groups in total. The molecule has 8 heteroatoms. The maximum absolute atomic E-state index is 13.5.